The molecule has 0 radical (unpaired) electrons. The molecule has 0 saturated heterocycles. The van der Waals surface area contributed by atoms with E-state index in [1.807, 2.05) is 18.2 Å². The van der Waals surface area contributed by atoms with E-state index in [0.29, 0.717) is 5.69 Å². The number of hydrogen-bond acceptors (Lipinski definition) is 5. The summed E-state index contributed by atoms with van der Waals surface area (Å²) in [6, 6.07) is 16.8. The van der Waals surface area contributed by atoms with Gasteiger partial charge in [0.05, 0.1) is 11.3 Å². The van der Waals surface area contributed by atoms with Crippen LogP contribution in [-0.2, 0) is 4.74 Å². The van der Waals surface area contributed by atoms with Crippen LogP contribution in [0, 0.1) is 0 Å². The quantitative estimate of drug-likeness (QED) is 0.587. The average Bonchev–Trinajstić information content (AvgIpc) is 2.71. The number of esters is 1. The van der Waals surface area contributed by atoms with Crippen LogP contribution in [0.15, 0.2) is 73.1 Å². The lowest BCUT2D eigenvalue weighted by atomic mass is 10.1. The Labute approximate surface area is 158 Å². The molecule has 2 aromatic heterocycles. The first-order valence-electron chi connectivity index (χ1n) is 8.25. The van der Waals surface area contributed by atoms with Crippen LogP contribution in [0.5, 0.6) is 5.88 Å². The summed E-state index contributed by atoms with van der Waals surface area (Å²) in [6.45, 7) is -1.46. The fourth-order valence-corrected chi connectivity index (χ4v) is 2.38. The lowest BCUT2D eigenvalue weighted by Gasteiger charge is -2.18. The van der Waals surface area contributed by atoms with Gasteiger partial charge in [0.25, 0.3) is 0 Å². The van der Waals surface area contributed by atoms with Gasteiger partial charge in [-0.05, 0) is 23.8 Å². The molecule has 0 aliphatic rings. The van der Waals surface area contributed by atoms with Gasteiger partial charge in [-0.2, -0.15) is 13.2 Å². The predicted molar refractivity (Wildman–Crippen MR) is 93.7 cm³/mol. The van der Waals surface area contributed by atoms with Crippen molar-refractivity contribution in [3.63, 3.8) is 0 Å². The third kappa shape index (κ3) is 5.29. The number of rotatable bonds is 6. The van der Waals surface area contributed by atoms with Crippen LogP contribution in [0.2, 0.25) is 0 Å². The number of alkyl halides is 3. The van der Waals surface area contributed by atoms with E-state index in [0.717, 1.165) is 11.8 Å². The van der Waals surface area contributed by atoms with Gasteiger partial charge < -0.3 is 9.47 Å². The smallest absolute Gasteiger partial charge is 0.422 e. The second kappa shape index (κ2) is 8.51. The van der Waals surface area contributed by atoms with Crippen molar-refractivity contribution in [3.05, 3.63) is 89.9 Å². The van der Waals surface area contributed by atoms with E-state index in [-0.39, 0.29) is 11.4 Å². The monoisotopic (exact) mass is 388 g/mol. The van der Waals surface area contributed by atoms with Crippen molar-refractivity contribution in [1.82, 2.24) is 9.97 Å². The highest BCUT2D eigenvalue weighted by molar-refractivity contribution is 5.89. The number of aromatic nitrogens is 2. The highest BCUT2D eigenvalue weighted by Crippen LogP contribution is 2.26. The molecule has 0 amide bonds. The van der Waals surface area contributed by atoms with Gasteiger partial charge in [-0.25, -0.2) is 9.78 Å². The molecule has 0 bridgehead atoms. The lowest BCUT2D eigenvalue weighted by Crippen LogP contribution is -2.19. The molecule has 0 fully saturated rings. The minimum atomic E-state index is -4.47. The Morgan fingerprint density at radius 3 is 2.32 bits per heavy atom. The SMILES string of the molecule is O=C(OC(c1ccccc1)c1ccccn1)c1ccc(OCC(F)(F)F)nc1. The van der Waals surface area contributed by atoms with Gasteiger partial charge in [0.15, 0.2) is 12.7 Å². The van der Waals surface area contributed by atoms with Gasteiger partial charge in [-0.1, -0.05) is 36.4 Å². The third-order valence-corrected chi connectivity index (χ3v) is 3.64. The third-order valence-electron chi connectivity index (χ3n) is 3.64. The number of ether oxygens (including phenoxy) is 2. The van der Waals surface area contributed by atoms with Gasteiger partial charge in [0.1, 0.15) is 0 Å². The molecule has 0 aliphatic carbocycles. The summed E-state index contributed by atoms with van der Waals surface area (Å²) in [5.41, 5.74) is 1.35. The number of benzene rings is 1. The topological polar surface area (TPSA) is 61.3 Å². The summed E-state index contributed by atoms with van der Waals surface area (Å²) >= 11 is 0. The van der Waals surface area contributed by atoms with Crippen molar-refractivity contribution in [3.8, 4) is 5.88 Å². The van der Waals surface area contributed by atoms with E-state index >= 15 is 0 Å². The molecule has 1 atom stereocenters. The summed E-state index contributed by atoms with van der Waals surface area (Å²) in [6.07, 6.45) is -2.51. The number of pyridine rings is 2. The summed E-state index contributed by atoms with van der Waals surface area (Å²) in [4.78, 5) is 20.5. The van der Waals surface area contributed by atoms with Crippen molar-refractivity contribution in [2.24, 2.45) is 0 Å². The van der Waals surface area contributed by atoms with Crippen LogP contribution in [0.4, 0.5) is 13.2 Å². The second-order valence-corrected chi connectivity index (χ2v) is 5.74. The highest BCUT2D eigenvalue weighted by atomic mass is 19.4. The number of nitrogens with zero attached hydrogens (tertiary/aromatic N) is 2. The van der Waals surface area contributed by atoms with Gasteiger partial charge in [-0.3, -0.25) is 4.98 Å². The Morgan fingerprint density at radius 1 is 0.964 bits per heavy atom. The summed E-state index contributed by atoms with van der Waals surface area (Å²) in [7, 11) is 0. The molecular weight excluding hydrogens is 373 g/mol. The maximum atomic E-state index is 12.5. The van der Waals surface area contributed by atoms with Gasteiger partial charge in [0.2, 0.25) is 5.88 Å². The van der Waals surface area contributed by atoms with Crippen molar-refractivity contribution < 1.29 is 27.4 Å². The molecule has 1 aromatic carbocycles. The van der Waals surface area contributed by atoms with E-state index in [1.54, 1.807) is 36.5 Å². The van der Waals surface area contributed by atoms with Crippen LogP contribution >= 0.6 is 0 Å². The number of hydrogen-bond donors (Lipinski definition) is 0. The Morgan fingerprint density at radius 2 is 1.71 bits per heavy atom. The van der Waals surface area contributed by atoms with E-state index < -0.39 is 24.9 Å². The highest BCUT2D eigenvalue weighted by Gasteiger charge is 2.28. The number of carbonyl (C=O) groups is 1. The molecule has 8 heteroatoms. The fourth-order valence-electron chi connectivity index (χ4n) is 2.38. The van der Waals surface area contributed by atoms with E-state index in [1.165, 1.54) is 12.1 Å². The second-order valence-electron chi connectivity index (χ2n) is 5.74. The van der Waals surface area contributed by atoms with Gasteiger partial charge >= 0.3 is 12.1 Å². The molecule has 3 rings (SSSR count). The van der Waals surface area contributed by atoms with Crippen molar-refractivity contribution in [2.45, 2.75) is 12.3 Å². The van der Waals surface area contributed by atoms with Crippen LogP contribution in [-0.4, -0.2) is 28.7 Å². The molecule has 0 N–H and O–H groups in total. The minimum Gasteiger partial charge on any atom is -0.468 e. The summed E-state index contributed by atoms with van der Waals surface area (Å²) in [5, 5.41) is 0. The molecule has 0 aliphatic heterocycles. The molecule has 144 valence electrons. The first-order chi connectivity index (χ1) is 13.4. The van der Waals surface area contributed by atoms with Crippen LogP contribution in [0.1, 0.15) is 27.7 Å². The van der Waals surface area contributed by atoms with E-state index in [4.69, 9.17) is 4.74 Å². The summed E-state index contributed by atoms with van der Waals surface area (Å²) < 4.78 is 46.7. The maximum Gasteiger partial charge on any atom is 0.422 e. The summed E-state index contributed by atoms with van der Waals surface area (Å²) in [5.74, 6) is -0.924. The molecular formula is C20H15F3N2O3. The molecule has 3 aromatic rings. The fraction of sp³-hybridized carbons (Fsp3) is 0.150. The first-order valence-corrected chi connectivity index (χ1v) is 8.25. The first kappa shape index (κ1) is 19.3. The Balaban J connectivity index is 1.75. The predicted octanol–water partition coefficient (Wildman–Crippen LogP) is 4.36. The van der Waals surface area contributed by atoms with Gasteiger partial charge in [-0.15, -0.1) is 0 Å². The van der Waals surface area contributed by atoms with Crippen LogP contribution in [0.25, 0.3) is 0 Å². The zero-order valence-electron chi connectivity index (χ0n) is 14.5. The maximum absolute atomic E-state index is 12.5. The Kier molecular flexibility index (Phi) is 5.88. The minimum absolute atomic E-state index is 0.0798. The Hall–Kier alpha value is -3.42. The van der Waals surface area contributed by atoms with Crippen LogP contribution in [0.3, 0.4) is 0 Å². The average molecular weight is 388 g/mol. The zero-order chi connectivity index (χ0) is 20.0. The number of halogens is 3. The molecule has 28 heavy (non-hydrogen) atoms. The number of carbonyl (C=O) groups excluding carboxylic acids is 1. The van der Waals surface area contributed by atoms with Crippen molar-refractivity contribution in [2.75, 3.05) is 6.61 Å². The van der Waals surface area contributed by atoms with E-state index in [9.17, 15) is 18.0 Å². The largest absolute Gasteiger partial charge is 0.468 e. The van der Waals surface area contributed by atoms with Crippen LogP contribution < -0.4 is 4.74 Å². The molecule has 2 heterocycles. The van der Waals surface area contributed by atoms with Crippen molar-refractivity contribution in [1.29, 1.82) is 0 Å². The Bertz CT molecular complexity index is 862. The molecule has 5 nitrogen and oxygen atoms in total. The standard InChI is InChI=1S/C20H15F3N2O3/c21-20(22,23)13-27-17-10-9-15(12-25-17)19(26)28-18(14-6-2-1-3-7-14)16-8-4-5-11-24-16/h1-12,18H,13H2. The normalized spacial score (nSPS) is 12.2. The molecule has 0 saturated carbocycles. The van der Waals surface area contributed by atoms with Gasteiger partial charge in [0, 0.05) is 18.5 Å². The molecule has 0 spiro atoms. The molecule has 1 unspecified atom stereocenters. The van der Waals surface area contributed by atoms with Crippen molar-refractivity contribution >= 4 is 5.97 Å². The lowest BCUT2D eigenvalue weighted by molar-refractivity contribution is -0.154. The van der Waals surface area contributed by atoms with E-state index in [2.05, 4.69) is 14.7 Å². The zero-order valence-corrected chi connectivity index (χ0v) is 14.5.